The summed E-state index contributed by atoms with van der Waals surface area (Å²) in [4.78, 5) is 0. The maximum absolute atomic E-state index is 4.25. The predicted octanol–water partition coefficient (Wildman–Crippen LogP) is -1.72. The second kappa shape index (κ2) is 17.4. The fraction of sp³-hybridized carbons (Fsp3) is 0. The molecule has 0 saturated carbocycles. The minimum absolute atomic E-state index is 0. The third-order valence-corrected chi connectivity index (χ3v) is 0. The van der Waals surface area contributed by atoms with Crippen LogP contribution in [0.1, 0.15) is 0 Å². The Kier molecular flexibility index (Phi) is 69.3. The first-order valence-electron chi connectivity index (χ1n) is 0.289. The third-order valence-electron chi connectivity index (χ3n) is 0. The van der Waals surface area contributed by atoms with Gasteiger partial charge in [-0.3, -0.25) is 0 Å². The van der Waals surface area contributed by atoms with Gasteiger partial charge in [0.05, 0.1) is 0 Å². The van der Waals surface area contributed by atoms with Crippen molar-refractivity contribution in [2.75, 3.05) is 0 Å². The molecule has 0 aromatic rings. The molecular weight excluding hydrogens is 329 g/mol. The quantitative estimate of drug-likeness (QED) is 0.475. The van der Waals surface area contributed by atoms with E-state index < -0.39 is 0 Å². The van der Waals surface area contributed by atoms with Crippen LogP contribution in [0.3, 0.4) is 0 Å². The molecule has 0 aliphatic rings. The summed E-state index contributed by atoms with van der Waals surface area (Å²) in [6.07, 6.45) is 0. The van der Waals surface area contributed by atoms with Crippen LogP contribution >= 0.6 is 8.65 Å². The molecule has 4 heavy (non-hydrogen) atoms. The van der Waals surface area contributed by atoms with Crippen LogP contribution in [0.5, 0.6) is 0 Å². The normalized spacial score (nSPS) is 1.50. The predicted molar refractivity (Wildman–Crippen MR) is 27.5 cm³/mol. The molecule has 0 amide bonds. The van der Waals surface area contributed by atoms with E-state index in [9.17, 15) is 0 Å². The molecule has 0 aromatic carbocycles. The maximum atomic E-state index is 4.25. The fourth-order valence-electron chi connectivity index (χ4n) is 0. The first-order valence-corrected chi connectivity index (χ1v) is 5.81. The number of hydrogen-bond donors (Lipinski definition) is 0. The van der Waals surface area contributed by atoms with Gasteiger partial charge in [0.15, 0.2) is 0 Å². The van der Waals surface area contributed by atoms with E-state index in [2.05, 4.69) is 8.65 Å². The summed E-state index contributed by atoms with van der Waals surface area (Å²) in [6.45, 7) is 0. The zero-order chi connectivity index (χ0) is 2.00. The van der Waals surface area contributed by atoms with Crippen molar-refractivity contribution in [3.05, 3.63) is 0 Å². The Morgan fingerprint density at radius 2 is 1.25 bits per heavy atom. The molecule has 0 rings (SSSR count). The van der Waals surface area contributed by atoms with Gasteiger partial charge >= 0.3 is 78.0 Å². The Morgan fingerprint density at radius 3 is 1.25 bits per heavy atom. The molecule has 0 saturated heterocycles. The van der Waals surface area contributed by atoms with E-state index in [4.69, 9.17) is 0 Å². The molecule has 0 N–H and O–H groups in total. The van der Waals surface area contributed by atoms with Crippen LogP contribution in [0, 0.1) is 0 Å². The van der Waals surface area contributed by atoms with Gasteiger partial charge in [-0.1, -0.05) is 0 Å². The Labute approximate surface area is 76.5 Å². The summed E-state index contributed by atoms with van der Waals surface area (Å²) in [6, 6.07) is 0. The van der Waals surface area contributed by atoms with Crippen LogP contribution < -0.4 is 0 Å². The van der Waals surface area contributed by atoms with E-state index in [0.717, 1.165) is 23.7 Å². The Hall–Kier alpha value is 2.65. The molecule has 4 heteroatoms. The number of hydrogen-bond acceptors (Lipinski definition) is 1. The Morgan fingerprint density at radius 1 is 1.25 bits per heavy atom. The van der Waals surface area contributed by atoms with Crippen LogP contribution in [0.2, 0.25) is 0 Å². The minimum atomic E-state index is 0. The van der Waals surface area contributed by atoms with E-state index in [1.165, 1.54) is 0 Å². The standard InChI is InChI=1S/Cd.Ga.In.S.6H. The van der Waals surface area contributed by atoms with Crippen molar-refractivity contribution in [1.82, 2.24) is 0 Å². The molecule has 0 heterocycles. The first kappa shape index (κ1) is 15.9. The van der Waals surface area contributed by atoms with E-state index in [1.54, 1.807) is 0 Å². The van der Waals surface area contributed by atoms with Gasteiger partial charge in [-0.25, -0.2) is 0 Å². The molecule has 0 radical (unpaired) electrons. The van der Waals surface area contributed by atoms with E-state index in [1.807, 2.05) is 0 Å². The second-order valence-electron chi connectivity index (χ2n) is 0. The fourth-order valence-corrected chi connectivity index (χ4v) is 0. The summed E-state index contributed by atoms with van der Waals surface area (Å²) in [5, 5.41) is 0. The monoisotopic (exact) mass is 336 g/mol. The van der Waals surface area contributed by atoms with Crippen molar-refractivity contribution in [2.45, 2.75) is 0 Å². The van der Waals surface area contributed by atoms with Crippen LogP contribution in [0.15, 0.2) is 0 Å². The van der Waals surface area contributed by atoms with Crippen molar-refractivity contribution in [3.63, 3.8) is 0 Å². The molecule has 0 unspecified atom stereocenters. The van der Waals surface area contributed by atoms with Crippen LogP contribution in [-0.4, -0.2) is 45.6 Å². The average molecular weight is 335 g/mol. The van der Waals surface area contributed by atoms with Gasteiger partial charge in [-0.05, 0) is 0 Å². The molecule has 20 valence electrons. The zero-order valence-corrected chi connectivity index (χ0v) is 5.97. The zero-order valence-electron chi connectivity index (χ0n) is 1.12. The first-order chi connectivity index (χ1) is 1.00. The van der Waals surface area contributed by atoms with Crippen LogP contribution in [0.4, 0.5) is 0 Å². The van der Waals surface area contributed by atoms with E-state index >= 15 is 0 Å². The van der Waals surface area contributed by atoms with E-state index in [-0.39, 0.29) is 45.6 Å². The summed E-state index contributed by atoms with van der Waals surface area (Å²) >= 11 is 0.733. The molecule has 0 bridgehead atoms. The summed E-state index contributed by atoms with van der Waals surface area (Å²) in [5.41, 5.74) is 0. The van der Waals surface area contributed by atoms with Crippen molar-refractivity contribution in [3.8, 4) is 0 Å². The van der Waals surface area contributed by atoms with Crippen molar-refractivity contribution in [2.24, 2.45) is 0 Å². The van der Waals surface area contributed by atoms with Gasteiger partial charge in [-0.15, -0.1) is 0 Å². The van der Waals surface area contributed by atoms with Gasteiger partial charge in [-0.2, -0.15) is 0 Å². The Balaban J connectivity index is -0.00000000500. The van der Waals surface area contributed by atoms with Crippen molar-refractivity contribution in [1.29, 1.82) is 0 Å². The van der Waals surface area contributed by atoms with Gasteiger partial charge < -0.3 is 0 Å². The third kappa shape index (κ3) is 8.82. The number of rotatable bonds is 0. The SMILES string of the molecule is [GaH3].[InH3].[S]=[Cd]. The van der Waals surface area contributed by atoms with Crippen molar-refractivity contribution < 1.29 is 23.7 Å². The van der Waals surface area contributed by atoms with Crippen LogP contribution in [0.25, 0.3) is 0 Å². The molecule has 0 atom stereocenters. The summed E-state index contributed by atoms with van der Waals surface area (Å²) in [5.74, 6) is 0. The van der Waals surface area contributed by atoms with Gasteiger partial charge in [0.25, 0.3) is 0 Å². The molecule has 0 fully saturated rings. The molecule has 0 nitrogen and oxygen atoms in total. The molecular formula is H6CdGaInS. The van der Waals surface area contributed by atoms with Gasteiger partial charge in [0, 0.05) is 0 Å². The summed E-state index contributed by atoms with van der Waals surface area (Å²) in [7, 11) is 4.25. The molecule has 0 aliphatic carbocycles. The summed E-state index contributed by atoms with van der Waals surface area (Å²) < 4.78 is 0. The second-order valence-corrected chi connectivity index (χ2v) is 0. The van der Waals surface area contributed by atoms with Crippen molar-refractivity contribution >= 4 is 54.3 Å². The van der Waals surface area contributed by atoms with Gasteiger partial charge in [0.2, 0.25) is 0 Å². The molecule has 0 aliphatic heterocycles. The topological polar surface area (TPSA) is 0 Å². The Bertz CT molecular complexity index is 8.00. The van der Waals surface area contributed by atoms with Crippen LogP contribution in [-0.2, 0) is 23.7 Å². The van der Waals surface area contributed by atoms with Gasteiger partial charge in [0.1, 0.15) is 0 Å². The molecule has 0 aromatic heterocycles. The van der Waals surface area contributed by atoms with E-state index in [0.29, 0.717) is 0 Å². The molecule has 0 spiro atoms. The average Bonchev–Trinajstić information content (AvgIpc) is 1.00.